The van der Waals surface area contributed by atoms with E-state index in [4.69, 9.17) is 8.83 Å². The molecule has 0 saturated carbocycles. The quantitative estimate of drug-likeness (QED) is 0.197. The molecule has 0 saturated heterocycles. The van der Waals surface area contributed by atoms with Gasteiger partial charge in [-0.05, 0) is 94.0 Å². The van der Waals surface area contributed by atoms with Crippen molar-refractivity contribution < 1.29 is 8.83 Å². The highest BCUT2D eigenvalue weighted by Gasteiger charge is 2.37. The minimum atomic E-state index is -0.204. The highest BCUT2D eigenvalue weighted by Crippen LogP contribution is 2.53. The van der Waals surface area contributed by atoms with Crippen LogP contribution in [0.2, 0.25) is 0 Å². The maximum absolute atomic E-state index is 6.37. The summed E-state index contributed by atoms with van der Waals surface area (Å²) in [5, 5.41) is 4.55. The van der Waals surface area contributed by atoms with Crippen LogP contribution >= 0.6 is 0 Å². The maximum atomic E-state index is 6.37. The molecule has 1 aliphatic rings. The van der Waals surface area contributed by atoms with E-state index in [9.17, 15) is 0 Å². The molecule has 3 nitrogen and oxygen atoms in total. The first-order valence-electron chi connectivity index (χ1n) is 16.5. The zero-order valence-corrected chi connectivity index (χ0v) is 26.7. The summed E-state index contributed by atoms with van der Waals surface area (Å²) >= 11 is 0. The van der Waals surface area contributed by atoms with E-state index in [1.165, 1.54) is 38.8 Å². The lowest BCUT2D eigenvalue weighted by atomic mass is 9.82. The Bertz CT molecular complexity index is 2690. The molecule has 0 bridgehead atoms. The SMILES string of the molecule is CC1(C)c2cc(N(c3ccc(-c4ccccc4)cc3)c3cccc4oc5ccccc5c34)ccc2-c2cc3oc4ccccc4c3cc21. The van der Waals surface area contributed by atoms with Gasteiger partial charge in [-0.1, -0.05) is 105 Å². The molecular weight excluding hydrogens is 587 g/mol. The van der Waals surface area contributed by atoms with E-state index in [1.807, 2.05) is 18.2 Å². The Balaban J connectivity index is 1.18. The van der Waals surface area contributed by atoms with Gasteiger partial charge in [0.25, 0.3) is 0 Å². The molecule has 3 heteroatoms. The van der Waals surface area contributed by atoms with Crippen LogP contribution in [0.4, 0.5) is 17.1 Å². The van der Waals surface area contributed by atoms with Crippen LogP contribution in [0.1, 0.15) is 25.0 Å². The van der Waals surface area contributed by atoms with Crippen molar-refractivity contribution in [2.24, 2.45) is 0 Å². The van der Waals surface area contributed by atoms with E-state index >= 15 is 0 Å². The third-order valence-corrected chi connectivity index (χ3v) is 10.3. The predicted octanol–water partition coefficient (Wildman–Crippen LogP) is 12.9. The number of benzene rings is 7. The number of para-hydroxylation sites is 2. The molecule has 0 amide bonds. The molecule has 0 spiro atoms. The highest BCUT2D eigenvalue weighted by molar-refractivity contribution is 6.13. The van der Waals surface area contributed by atoms with E-state index in [0.29, 0.717) is 0 Å². The first-order valence-corrected chi connectivity index (χ1v) is 16.5. The Kier molecular flexibility index (Phi) is 5.63. The summed E-state index contributed by atoms with van der Waals surface area (Å²) in [6.45, 7) is 4.69. The second-order valence-electron chi connectivity index (χ2n) is 13.3. The molecule has 0 atom stereocenters. The Morgan fingerprint density at radius 2 is 1.06 bits per heavy atom. The Morgan fingerprint density at radius 3 is 1.88 bits per heavy atom. The third kappa shape index (κ3) is 3.88. The molecule has 2 aromatic heterocycles. The van der Waals surface area contributed by atoms with Gasteiger partial charge in [0.2, 0.25) is 0 Å². The van der Waals surface area contributed by atoms with Crippen molar-refractivity contribution in [3.05, 3.63) is 163 Å². The van der Waals surface area contributed by atoms with Crippen LogP contribution in [0.5, 0.6) is 0 Å². The van der Waals surface area contributed by atoms with Gasteiger partial charge in [-0.15, -0.1) is 0 Å². The number of fused-ring (bicyclic) bond motifs is 9. The predicted molar refractivity (Wildman–Crippen MR) is 199 cm³/mol. The molecule has 7 aromatic carbocycles. The van der Waals surface area contributed by atoms with Gasteiger partial charge in [-0.3, -0.25) is 0 Å². The molecule has 2 heterocycles. The van der Waals surface area contributed by atoms with Gasteiger partial charge in [0, 0.05) is 32.9 Å². The minimum absolute atomic E-state index is 0.204. The molecule has 10 rings (SSSR count). The topological polar surface area (TPSA) is 29.5 Å². The van der Waals surface area contributed by atoms with Crippen LogP contribution in [-0.2, 0) is 5.41 Å². The molecule has 228 valence electrons. The van der Waals surface area contributed by atoms with Crippen LogP contribution in [0.25, 0.3) is 66.1 Å². The smallest absolute Gasteiger partial charge is 0.137 e. The second kappa shape index (κ2) is 9.97. The lowest BCUT2D eigenvalue weighted by Crippen LogP contribution is -2.16. The van der Waals surface area contributed by atoms with Crippen molar-refractivity contribution in [2.75, 3.05) is 4.90 Å². The van der Waals surface area contributed by atoms with Crippen LogP contribution in [0.15, 0.2) is 160 Å². The first-order chi connectivity index (χ1) is 23.5. The van der Waals surface area contributed by atoms with Crippen molar-refractivity contribution in [1.82, 2.24) is 0 Å². The molecular formula is C45H31NO2. The van der Waals surface area contributed by atoms with Crippen LogP contribution in [0, 0.1) is 0 Å². The fourth-order valence-corrected chi connectivity index (χ4v) is 7.88. The lowest BCUT2D eigenvalue weighted by molar-refractivity contribution is 0.658. The minimum Gasteiger partial charge on any atom is -0.456 e. The van der Waals surface area contributed by atoms with Crippen molar-refractivity contribution in [3.8, 4) is 22.3 Å². The summed E-state index contributed by atoms with van der Waals surface area (Å²) < 4.78 is 12.7. The van der Waals surface area contributed by atoms with Crippen LogP contribution in [0.3, 0.4) is 0 Å². The first kappa shape index (κ1) is 27.1. The van der Waals surface area contributed by atoms with E-state index in [2.05, 4.69) is 152 Å². The summed E-state index contributed by atoms with van der Waals surface area (Å²) in [6, 6.07) is 54.0. The molecule has 0 aliphatic heterocycles. The zero-order chi connectivity index (χ0) is 32.0. The monoisotopic (exact) mass is 617 g/mol. The van der Waals surface area contributed by atoms with Crippen molar-refractivity contribution >= 4 is 60.9 Å². The molecule has 0 radical (unpaired) electrons. The Labute approximate surface area is 278 Å². The van der Waals surface area contributed by atoms with Gasteiger partial charge in [-0.2, -0.15) is 0 Å². The number of anilines is 3. The lowest BCUT2D eigenvalue weighted by Gasteiger charge is -2.28. The zero-order valence-electron chi connectivity index (χ0n) is 26.7. The normalized spacial score (nSPS) is 13.4. The Morgan fingerprint density at radius 1 is 0.438 bits per heavy atom. The molecule has 48 heavy (non-hydrogen) atoms. The van der Waals surface area contributed by atoms with Crippen molar-refractivity contribution in [2.45, 2.75) is 19.3 Å². The summed E-state index contributed by atoms with van der Waals surface area (Å²) in [4.78, 5) is 2.39. The fourth-order valence-electron chi connectivity index (χ4n) is 7.88. The van der Waals surface area contributed by atoms with Gasteiger partial charge in [0.1, 0.15) is 22.3 Å². The average Bonchev–Trinajstić information content (AvgIpc) is 3.76. The molecule has 0 fully saturated rings. The van der Waals surface area contributed by atoms with Gasteiger partial charge in [0.15, 0.2) is 0 Å². The number of hydrogen-bond acceptors (Lipinski definition) is 3. The van der Waals surface area contributed by atoms with Gasteiger partial charge >= 0.3 is 0 Å². The van der Waals surface area contributed by atoms with Gasteiger partial charge in [0.05, 0.1) is 11.1 Å². The third-order valence-electron chi connectivity index (χ3n) is 10.3. The van der Waals surface area contributed by atoms with E-state index in [1.54, 1.807) is 0 Å². The van der Waals surface area contributed by atoms with E-state index in [-0.39, 0.29) is 5.41 Å². The summed E-state index contributed by atoms with van der Waals surface area (Å²) in [6.07, 6.45) is 0. The second-order valence-corrected chi connectivity index (χ2v) is 13.3. The van der Waals surface area contributed by atoms with Gasteiger partial charge < -0.3 is 13.7 Å². The summed E-state index contributed by atoms with van der Waals surface area (Å²) in [7, 11) is 0. The molecule has 0 N–H and O–H groups in total. The molecule has 1 aliphatic carbocycles. The largest absolute Gasteiger partial charge is 0.456 e. The standard InChI is InChI=1S/C45H31NO2/c1-45(2)37-25-31(23-24-32(37)35-27-43-36(26-38(35)45)33-13-6-8-16-40(33)48-43)46(30-21-19-29(20-22-30)28-11-4-3-5-12-28)39-15-10-18-42-44(39)34-14-7-9-17-41(34)47-42/h3-27H,1-2H3. The Hall–Kier alpha value is -6.06. The van der Waals surface area contributed by atoms with E-state index in [0.717, 1.165) is 55.6 Å². The molecule has 0 unspecified atom stereocenters. The van der Waals surface area contributed by atoms with Crippen molar-refractivity contribution in [3.63, 3.8) is 0 Å². The van der Waals surface area contributed by atoms with Crippen LogP contribution < -0.4 is 4.90 Å². The fraction of sp³-hybridized carbons (Fsp3) is 0.0667. The number of furan rings is 2. The maximum Gasteiger partial charge on any atom is 0.137 e. The van der Waals surface area contributed by atoms with Crippen molar-refractivity contribution in [1.29, 1.82) is 0 Å². The number of hydrogen-bond donors (Lipinski definition) is 0. The summed E-state index contributed by atoms with van der Waals surface area (Å²) in [5.41, 5.74) is 14.2. The van der Waals surface area contributed by atoms with Crippen LogP contribution in [-0.4, -0.2) is 0 Å². The molecule has 9 aromatic rings. The average molecular weight is 618 g/mol. The summed E-state index contributed by atoms with van der Waals surface area (Å²) in [5.74, 6) is 0. The number of nitrogens with zero attached hydrogens (tertiary/aromatic N) is 1. The van der Waals surface area contributed by atoms with Gasteiger partial charge in [-0.25, -0.2) is 0 Å². The highest BCUT2D eigenvalue weighted by atomic mass is 16.3. The number of rotatable bonds is 4. The van der Waals surface area contributed by atoms with E-state index < -0.39 is 0 Å².